The molecule has 1 heterocycles. The molecule has 1 saturated heterocycles. The molecule has 0 spiro atoms. The van der Waals surface area contributed by atoms with Gasteiger partial charge in [0, 0.05) is 25.2 Å². The van der Waals surface area contributed by atoms with Crippen molar-refractivity contribution in [2.45, 2.75) is 6.42 Å². The molecule has 0 unspecified atom stereocenters. The van der Waals surface area contributed by atoms with Gasteiger partial charge in [-0.2, -0.15) is 0 Å². The lowest BCUT2D eigenvalue weighted by Gasteiger charge is -2.21. The zero-order valence-electron chi connectivity index (χ0n) is 10.8. The molecule has 1 aromatic rings. The molecule has 104 valence electrons. The molecule has 2 rings (SSSR count). The first-order valence-electron chi connectivity index (χ1n) is 6.21. The molecular formula is C13H17Cl2N3O. The Morgan fingerprint density at radius 1 is 1.16 bits per heavy atom. The van der Waals surface area contributed by atoms with Crippen LogP contribution in [0.3, 0.4) is 0 Å². The second kappa shape index (κ2) is 5.99. The number of carbonyl (C=O) groups excluding carboxylic acids is 1. The van der Waals surface area contributed by atoms with Crippen molar-refractivity contribution in [3.63, 3.8) is 0 Å². The molecule has 1 aliphatic heterocycles. The third kappa shape index (κ3) is 3.32. The van der Waals surface area contributed by atoms with Crippen molar-refractivity contribution in [2.75, 3.05) is 39.0 Å². The van der Waals surface area contributed by atoms with Crippen molar-refractivity contribution in [3.05, 3.63) is 27.7 Å². The third-order valence-corrected chi connectivity index (χ3v) is 3.96. The predicted molar refractivity (Wildman–Crippen MR) is 78.9 cm³/mol. The van der Waals surface area contributed by atoms with E-state index in [4.69, 9.17) is 28.9 Å². The molecule has 1 amide bonds. The fourth-order valence-corrected chi connectivity index (χ4v) is 2.63. The summed E-state index contributed by atoms with van der Waals surface area (Å²) in [4.78, 5) is 16.5. The monoisotopic (exact) mass is 301 g/mol. The molecule has 4 nitrogen and oxygen atoms in total. The molecule has 0 aliphatic carbocycles. The van der Waals surface area contributed by atoms with Gasteiger partial charge in [-0.25, -0.2) is 0 Å². The highest BCUT2D eigenvalue weighted by Crippen LogP contribution is 2.29. The first-order chi connectivity index (χ1) is 8.99. The Kier molecular flexibility index (Phi) is 4.55. The number of amides is 1. The van der Waals surface area contributed by atoms with Crippen LogP contribution >= 0.6 is 23.2 Å². The molecule has 19 heavy (non-hydrogen) atoms. The summed E-state index contributed by atoms with van der Waals surface area (Å²) in [5, 5.41) is 0.644. The number of nitrogens with zero attached hydrogens (tertiary/aromatic N) is 2. The van der Waals surface area contributed by atoms with Crippen molar-refractivity contribution in [3.8, 4) is 0 Å². The van der Waals surface area contributed by atoms with Gasteiger partial charge >= 0.3 is 0 Å². The maximum Gasteiger partial charge on any atom is 0.254 e. The number of carbonyl (C=O) groups is 1. The number of benzene rings is 1. The Morgan fingerprint density at radius 2 is 1.79 bits per heavy atom. The van der Waals surface area contributed by atoms with Crippen molar-refractivity contribution >= 4 is 34.8 Å². The van der Waals surface area contributed by atoms with E-state index in [0.29, 0.717) is 21.3 Å². The first kappa shape index (κ1) is 14.4. The van der Waals surface area contributed by atoms with Gasteiger partial charge in [-0.15, -0.1) is 0 Å². The van der Waals surface area contributed by atoms with Gasteiger partial charge in [-0.05, 0) is 32.1 Å². The molecule has 0 atom stereocenters. The fraction of sp³-hybridized carbons (Fsp3) is 0.462. The zero-order chi connectivity index (χ0) is 14.0. The summed E-state index contributed by atoms with van der Waals surface area (Å²) < 4.78 is 0. The van der Waals surface area contributed by atoms with Crippen LogP contribution in [-0.4, -0.2) is 48.9 Å². The molecular weight excluding hydrogens is 285 g/mol. The highest BCUT2D eigenvalue weighted by Gasteiger charge is 2.20. The number of rotatable bonds is 1. The molecule has 0 radical (unpaired) electrons. The van der Waals surface area contributed by atoms with E-state index >= 15 is 0 Å². The van der Waals surface area contributed by atoms with Gasteiger partial charge in [-0.3, -0.25) is 4.79 Å². The molecule has 1 aliphatic rings. The van der Waals surface area contributed by atoms with Gasteiger partial charge in [0.15, 0.2) is 0 Å². The Labute approximate surface area is 123 Å². The number of hydrogen-bond donors (Lipinski definition) is 1. The molecule has 1 fully saturated rings. The number of halogens is 2. The van der Waals surface area contributed by atoms with Crippen LogP contribution in [0.15, 0.2) is 12.1 Å². The number of likely N-dealkylation sites (N-methyl/N-ethyl adjacent to an activating group) is 1. The molecule has 0 saturated carbocycles. The Morgan fingerprint density at radius 3 is 2.42 bits per heavy atom. The summed E-state index contributed by atoms with van der Waals surface area (Å²) in [6.07, 6.45) is 0.971. The Bertz CT molecular complexity index is 470. The van der Waals surface area contributed by atoms with Gasteiger partial charge in [0.2, 0.25) is 0 Å². The highest BCUT2D eigenvalue weighted by molar-refractivity contribution is 6.39. The van der Waals surface area contributed by atoms with Crippen LogP contribution in [0.25, 0.3) is 0 Å². The molecule has 0 bridgehead atoms. The Hall–Kier alpha value is -0.970. The normalized spacial score (nSPS) is 17.3. The van der Waals surface area contributed by atoms with Crippen LogP contribution in [0.2, 0.25) is 10.0 Å². The Balaban J connectivity index is 2.19. The standard InChI is InChI=1S/C13H17Cl2N3O/c1-17-3-2-4-18(6-5-17)13(19)9-7-10(14)12(16)11(15)8-9/h7-8H,2-6,16H2,1H3. The summed E-state index contributed by atoms with van der Waals surface area (Å²) in [5.41, 5.74) is 6.49. The maximum absolute atomic E-state index is 12.4. The van der Waals surface area contributed by atoms with E-state index in [0.717, 1.165) is 32.6 Å². The second-order valence-corrected chi connectivity index (χ2v) is 5.62. The van der Waals surface area contributed by atoms with E-state index in [9.17, 15) is 4.79 Å². The van der Waals surface area contributed by atoms with Gasteiger partial charge in [0.1, 0.15) is 0 Å². The quantitative estimate of drug-likeness (QED) is 0.810. The number of nitrogen functional groups attached to an aromatic ring is 1. The molecule has 1 aromatic carbocycles. The van der Waals surface area contributed by atoms with Gasteiger partial charge < -0.3 is 15.5 Å². The van der Waals surface area contributed by atoms with E-state index in [1.807, 2.05) is 4.90 Å². The van der Waals surface area contributed by atoms with Gasteiger partial charge in [0.25, 0.3) is 5.91 Å². The van der Waals surface area contributed by atoms with Gasteiger partial charge in [0.05, 0.1) is 15.7 Å². The lowest BCUT2D eigenvalue weighted by molar-refractivity contribution is 0.0763. The van der Waals surface area contributed by atoms with E-state index in [-0.39, 0.29) is 5.91 Å². The van der Waals surface area contributed by atoms with Crippen LogP contribution in [0.4, 0.5) is 5.69 Å². The van der Waals surface area contributed by atoms with Crippen LogP contribution < -0.4 is 5.73 Å². The van der Waals surface area contributed by atoms with Crippen molar-refractivity contribution in [1.82, 2.24) is 9.80 Å². The lowest BCUT2D eigenvalue weighted by atomic mass is 10.1. The highest BCUT2D eigenvalue weighted by atomic mass is 35.5. The van der Waals surface area contributed by atoms with Gasteiger partial charge in [-0.1, -0.05) is 23.2 Å². The number of anilines is 1. The fourth-order valence-electron chi connectivity index (χ4n) is 2.14. The third-order valence-electron chi connectivity index (χ3n) is 3.33. The van der Waals surface area contributed by atoms with Crippen LogP contribution in [0.5, 0.6) is 0 Å². The molecule has 0 aromatic heterocycles. The summed E-state index contributed by atoms with van der Waals surface area (Å²) in [5.74, 6) is -0.0425. The van der Waals surface area contributed by atoms with E-state index in [1.165, 1.54) is 0 Å². The second-order valence-electron chi connectivity index (χ2n) is 4.80. The summed E-state index contributed by atoms with van der Waals surface area (Å²) >= 11 is 11.9. The van der Waals surface area contributed by atoms with Crippen molar-refractivity contribution < 1.29 is 4.79 Å². The van der Waals surface area contributed by atoms with Crippen molar-refractivity contribution in [2.24, 2.45) is 0 Å². The maximum atomic E-state index is 12.4. The van der Waals surface area contributed by atoms with Crippen LogP contribution in [0.1, 0.15) is 16.8 Å². The van der Waals surface area contributed by atoms with E-state index in [1.54, 1.807) is 12.1 Å². The summed E-state index contributed by atoms with van der Waals surface area (Å²) in [6.45, 7) is 3.35. The topological polar surface area (TPSA) is 49.6 Å². The zero-order valence-corrected chi connectivity index (χ0v) is 12.3. The minimum absolute atomic E-state index is 0.0425. The average molecular weight is 302 g/mol. The SMILES string of the molecule is CN1CCCN(C(=O)c2cc(Cl)c(N)c(Cl)c2)CC1. The molecule has 6 heteroatoms. The smallest absolute Gasteiger partial charge is 0.254 e. The number of hydrogen-bond acceptors (Lipinski definition) is 3. The average Bonchev–Trinajstić information content (AvgIpc) is 2.59. The number of nitrogens with two attached hydrogens (primary N) is 1. The first-order valence-corrected chi connectivity index (χ1v) is 6.97. The van der Waals surface area contributed by atoms with Crippen molar-refractivity contribution in [1.29, 1.82) is 0 Å². The lowest BCUT2D eigenvalue weighted by Crippen LogP contribution is -2.34. The minimum atomic E-state index is -0.0425. The summed E-state index contributed by atoms with van der Waals surface area (Å²) in [6, 6.07) is 3.17. The largest absolute Gasteiger partial charge is 0.396 e. The van der Waals surface area contributed by atoms with E-state index < -0.39 is 0 Å². The minimum Gasteiger partial charge on any atom is -0.396 e. The van der Waals surface area contributed by atoms with Crippen LogP contribution in [-0.2, 0) is 0 Å². The predicted octanol–water partition coefficient (Wildman–Crippen LogP) is 2.35. The molecule has 2 N–H and O–H groups in total. The van der Waals surface area contributed by atoms with Crippen LogP contribution in [0, 0.1) is 0 Å². The van der Waals surface area contributed by atoms with E-state index in [2.05, 4.69) is 11.9 Å². The summed E-state index contributed by atoms with van der Waals surface area (Å²) in [7, 11) is 2.06.